The largest absolute Gasteiger partial charge is 0.391 e. The standard InChI is InChI=1S/C4H10O.BrH.Mg.2H/c1-4(2,3)5;;;;/h5H,1-3H3;1H;;;. The van der Waals surface area contributed by atoms with Crippen molar-refractivity contribution < 1.29 is 5.11 Å². The lowest BCUT2D eigenvalue weighted by Gasteiger charge is -2.04. The van der Waals surface area contributed by atoms with Crippen LogP contribution in [0.5, 0.6) is 0 Å². The maximum absolute atomic E-state index is 8.52. The average molecular weight is 181 g/mol. The molecule has 0 aliphatic heterocycles. The van der Waals surface area contributed by atoms with Gasteiger partial charge in [0.25, 0.3) is 0 Å². The van der Waals surface area contributed by atoms with Crippen LogP contribution in [0.3, 0.4) is 0 Å². The van der Waals surface area contributed by atoms with Crippen LogP contribution in [-0.2, 0) is 0 Å². The molecule has 0 unspecified atom stereocenters. The number of rotatable bonds is 0. The fraction of sp³-hybridized carbons (Fsp3) is 1.00. The van der Waals surface area contributed by atoms with Crippen molar-refractivity contribution in [3.63, 3.8) is 0 Å². The van der Waals surface area contributed by atoms with Crippen molar-refractivity contribution in [2.75, 3.05) is 0 Å². The Morgan fingerprint density at radius 2 is 1.14 bits per heavy atom. The maximum atomic E-state index is 8.52. The van der Waals surface area contributed by atoms with Gasteiger partial charge in [-0.25, -0.2) is 0 Å². The van der Waals surface area contributed by atoms with E-state index in [0.29, 0.717) is 0 Å². The summed E-state index contributed by atoms with van der Waals surface area (Å²) < 4.78 is 0. The first-order chi connectivity index (χ1) is 2.00. The van der Waals surface area contributed by atoms with E-state index < -0.39 is 5.60 Å². The van der Waals surface area contributed by atoms with Gasteiger partial charge in [-0.1, -0.05) is 0 Å². The molecule has 0 atom stereocenters. The Morgan fingerprint density at radius 1 is 1.14 bits per heavy atom. The predicted molar refractivity (Wildman–Crippen MR) is 40.8 cm³/mol. The van der Waals surface area contributed by atoms with Crippen molar-refractivity contribution in [1.82, 2.24) is 0 Å². The third kappa shape index (κ3) is 134. The third-order valence-electron chi connectivity index (χ3n) is 0. The Kier molecular flexibility index (Phi) is 12.0. The second-order valence-corrected chi connectivity index (χ2v) is 2.17. The molecule has 0 bridgehead atoms. The number of hydrogen-bond donors (Lipinski definition) is 1. The molecule has 0 amide bonds. The van der Waals surface area contributed by atoms with Crippen LogP contribution in [0, 0.1) is 0 Å². The molecule has 0 aromatic rings. The van der Waals surface area contributed by atoms with Crippen LogP contribution >= 0.6 is 17.0 Å². The van der Waals surface area contributed by atoms with Crippen LogP contribution < -0.4 is 0 Å². The fourth-order valence-electron chi connectivity index (χ4n) is 0. The molecule has 7 heavy (non-hydrogen) atoms. The molecule has 1 N–H and O–H groups in total. The molecule has 44 valence electrons. The second-order valence-electron chi connectivity index (χ2n) is 2.17. The Bertz CT molecular complexity index is 27.2. The van der Waals surface area contributed by atoms with Gasteiger partial charge in [0.2, 0.25) is 0 Å². The first-order valence-electron chi connectivity index (χ1n) is 1.72. The van der Waals surface area contributed by atoms with Crippen LogP contribution in [0.25, 0.3) is 0 Å². The summed E-state index contributed by atoms with van der Waals surface area (Å²) in [4.78, 5) is 0. The van der Waals surface area contributed by atoms with E-state index >= 15 is 0 Å². The van der Waals surface area contributed by atoms with Crippen LogP contribution in [0.4, 0.5) is 0 Å². The van der Waals surface area contributed by atoms with Crippen LogP contribution in [0.2, 0.25) is 0 Å². The molecule has 0 rings (SSSR count). The fourth-order valence-corrected chi connectivity index (χ4v) is 0. The zero-order chi connectivity index (χ0) is 4.50. The third-order valence-corrected chi connectivity index (χ3v) is 0. The molecule has 3 heteroatoms. The SMILES string of the molecule is Br.CC(C)(C)O.[MgH2]. The van der Waals surface area contributed by atoms with Crippen molar-refractivity contribution in [3.05, 3.63) is 0 Å². The summed E-state index contributed by atoms with van der Waals surface area (Å²) in [6.45, 7) is 5.23. The van der Waals surface area contributed by atoms with Gasteiger partial charge in [0.05, 0.1) is 5.60 Å². The minimum atomic E-state index is -0.500. The lowest BCUT2D eigenvalue weighted by Crippen LogP contribution is -2.10. The Morgan fingerprint density at radius 3 is 1.14 bits per heavy atom. The van der Waals surface area contributed by atoms with Crippen LogP contribution in [0.15, 0.2) is 0 Å². The molecule has 0 aromatic carbocycles. The lowest BCUT2D eigenvalue weighted by atomic mass is 10.2. The summed E-state index contributed by atoms with van der Waals surface area (Å²) in [5, 5.41) is 8.52. The Balaban J connectivity index is -0.0000000800. The maximum Gasteiger partial charge on any atom is 0.316 e. The highest BCUT2D eigenvalue weighted by atomic mass is 79.9. The van der Waals surface area contributed by atoms with Gasteiger partial charge in [-0.15, -0.1) is 17.0 Å². The highest BCUT2D eigenvalue weighted by Crippen LogP contribution is 1.93. The summed E-state index contributed by atoms with van der Waals surface area (Å²) in [7, 11) is 0. The van der Waals surface area contributed by atoms with Gasteiger partial charge >= 0.3 is 23.1 Å². The summed E-state index contributed by atoms with van der Waals surface area (Å²) in [5.41, 5.74) is -0.500. The quantitative estimate of drug-likeness (QED) is 0.538. The van der Waals surface area contributed by atoms with Crippen LogP contribution in [0.1, 0.15) is 20.8 Å². The summed E-state index contributed by atoms with van der Waals surface area (Å²) >= 11 is 0. The highest BCUT2D eigenvalue weighted by molar-refractivity contribution is 8.93. The highest BCUT2D eigenvalue weighted by Gasteiger charge is 1.97. The molecule has 0 aromatic heterocycles. The minimum Gasteiger partial charge on any atom is -0.391 e. The lowest BCUT2D eigenvalue weighted by molar-refractivity contribution is 0.102. The zero-order valence-electron chi connectivity index (χ0n) is 4.36. The summed E-state index contributed by atoms with van der Waals surface area (Å²) in [6, 6.07) is 0. The van der Waals surface area contributed by atoms with Gasteiger partial charge in [-0.2, -0.15) is 0 Å². The number of aliphatic hydroxyl groups is 1. The topological polar surface area (TPSA) is 20.2 Å². The first kappa shape index (κ1) is 15.7. The molecular formula is C4H13BrMgO. The van der Waals surface area contributed by atoms with E-state index in [-0.39, 0.29) is 40.0 Å². The van der Waals surface area contributed by atoms with Gasteiger partial charge in [0.15, 0.2) is 0 Å². The van der Waals surface area contributed by atoms with Gasteiger partial charge in [-0.05, 0) is 20.8 Å². The molecule has 0 aliphatic carbocycles. The second kappa shape index (κ2) is 5.35. The van der Waals surface area contributed by atoms with Gasteiger partial charge in [-0.3, -0.25) is 0 Å². The van der Waals surface area contributed by atoms with Crippen molar-refractivity contribution in [2.24, 2.45) is 0 Å². The molecule has 0 radical (unpaired) electrons. The van der Waals surface area contributed by atoms with Crippen LogP contribution in [-0.4, -0.2) is 33.8 Å². The van der Waals surface area contributed by atoms with E-state index in [1.807, 2.05) is 0 Å². The summed E-state index contributed by atoms with van der Waals surface area (Å²) in [6.07, 6.45) is 0. The first-order valence-corrected chi connectivity index (χ1v) is 1.72. The van der Waals surface area contributed by atoms with Crippen molar-refractivity contribution in [1.29, 1.82) is 0 Å². The molecule has 1 nitrogen and oxygen atoms in total. The van der Waals surface area contributed by atoms with Gasteiger partial charge in [0, 0.05) is 0 Å². The van der Waals surface area contributed by atoms with Crippen molar-refractivity contribution in [2.45, 2.75) is 26.4 Å². The van der Waals surface area contributed by atoms with E-state index in [4.69, 9.17) is 5.11 Å². The summed E-state index contributed by atoms with van der Waals surface area (Å²) in [5.74, 6) is 0. The molecule has 0 spiro atoms. The zero-order valence-corrected chi connectivity index (χ0v) is 6.07. The molecule has 0 saturated heterocycles. The molecule has 0 saturated carbocycles. The van der Waals surface area contributed by atoms with Crippen molar-refractivity contribution >= 4 is 40.0 Å². The number of hydrogen-bond acceptors (Lipinski definition) is 1. The molecule has 0 heterocycles. The Labute approximate surface area is 71.4 Å². The van der Waals surface area contributed by atoms with Gasteiger partial charge in [0.1, 0.15) is 0 Å². The Hall–Kier alpha value is 1.21. The van der Waals surface area contributed by atoms with Gasteiger partial charge < -0.3 is 5.11 Å². The molecular weight excluding hydrogens is 168 g/mol. The normalized spacial score (nSPS) is 8.57. The smallest absolute Gasteiger partial charge is 0.316 e. The predicted octanol–water partition coefficient (Wildman–Crippen LogP) is 0.439. The van der Waals surface area contributed by atoms with E-state index in [0.717, 1.165) is 0 Å². The average Bonchev–Trinajstić information content (AvgIpc) is 0.722. The van der Waals surface area contributed by atoms with E-state index in [9.17, 15) is 0 Å². The number of halogens is 1. The van der Waals surface area contributed by atoms with E-state index in [1.165, 1.54) is 0 Å². The monoisotopic (exact) mass is 180 g/mol. The minimum absolute atomic E-state index is 0. The van der Waals surface area contributed by atoms with E-state index in [1.54, 1.807) is 20.8 Å². The van der Waals surface area contributed by atoms with E-state index in [2.05, 4.69) is 0 Å². The molecule has 0 aliphatic rings. The molecule has 0 fully saturated rings. The van der Waals surface area contributed by atoms with Crippen molar-refractivity contribution in [3.8, 4) is 0 Å².